The zero-order valence-corrected chi connectivity index (χ0v) is 16.3. The zero-order valence-electron chi connectivity index (χ0n) is 16.3. The maximum atomic E-state index is 12.0. The van der Waals surface area contributed by atoms with E-state index in [1.165, 1.54) is 7.11 Å². The van der Waals surface area contributed by atoms with Crippen molar-refractivity contribution in [3.05, 3.63) is 90.0 Å². The first-order chi connectivity index (χ1) is 13.7. The molecule has 0 spiro atoms. The SMILES string of the molecule is COC(=O)CCCCCNC(=O)/C=C/C=C(c1ccccc1)c1ccccc1. The van der Waals surface area contributed by atoms with Gasteiger partial charge in [-0.15, -0.1) is 0 Å². The molecule has 1 amide bonds. The summed E-state index contributed by atoms with van der Waals surface area (Å²) in [5.41, 5.74) is 3.27. The predicted octanol–water partition coefficient (Wildman–Crippen LogP) is 4.52. The van der Waals surface area contributed by atoms with E-state index < -0.39 is 0 Å². The molecular formula is C24H27NO3. The fourth-order valence-electron chi connectivity index (χ4n) is 2.77. The van der Waals surface area contributed by atoms with Crippen LogP contribution >= 0.6 is 0 Å². The van der Waals surface area contributed by atoms with Gasteiger partial charge in [-0.2, -0.15) is 0 Å². The third kappa shape index (κ3) is 7.62. The molecular weight excluding hydrogens is 350 g/mol. The number of ether oxygens (including phenoxy) is 1. The number of methoxy groups -OCH3 is 1. The molecule has 2 aromatic carbocycles. The van der Waals surface area contributed by atoms with Gasteiger partial charge in [0.15, 0.2) is 0 Å². The molecule has 0 bridgehead atoms. The van der Waals surface area contributed by atoms with Gasteiger partial charge in [-0.1, -0.05) is 79.2 Å². The standard InChI is InChI=1S/C24H27NO3/c1-28-24(27)18-9-4-10-19-25-23(26)17-11-16-22(20-12-5-2-6-13-20)21-14-7-3-8-15-21/h2-3,5-8,11-17H,4,9-10,18-19H2,1H3,(H,25,26)/b17-11+. The number of benzene rings is 2. The molecule has 0 aliphatic carbocycles. The highest BCUT2D eigenvalue weighted by Crippen LogP contribution is 2.23. The average molecular weight is 377 g/mol. The van der Waals surface area contributed by atoms with Gasteiger partial charge in [-0.3, -0.25) is 9.59 Å². The van der Waals surface area contributed by atoms with E-state index in [0.717, 1.165) is 36.0 Å². The highest BCUT2D eigenvalue weighted by Gasteiger charge is 2.03. The van der Waals surface area contributed by atoms with Gasteiger partial charge in [-0.05, 0) is 29.5 Å². The molecule has 0 atom stereocenters. The van der Waals surface area contributed by atoms with Crippen LogP contribution in [0.25, 0.3) is 5.57 Å². The Hall–Kier alpha value is -3.14. The second-order valence-electron chi connectivity index (χ2n) is 6.35. The van der Waals surface area contributed by atoms with Crippen molar-refractivity contribution in [2.75, 3.05) is 13.7 Å². The summed E-state index contributed by atoms with van der Waals surface area (Å²) in [5.74, 6) is -0.309. The third-order valence-electron chi connectivity index (χ3n) is 4.26. The summed E-state index contributed by atoms with van der Waals surface area (Å²) in [7, 11) is 1.39. The average Bonchev–Trinajstić information content (AvgIpc) is 2.74. The van der Waals surface area contributed by atoms with Gasteiger partial charge < -0.3 is 10.1 Å². The van der Waals surface area contributed by atoms with Crippen molar-refractivity contribution in [2.24, 2.45) is 0 Å². The van der Waals surface area contributed by atoms with Gasteiger partial charge in [-0.25, -0.2) is 0 Å². The summed E-state index contributed by atoms with van der Waals surface area (Å²) in [5, 5.41) is 2.87. The molecule has 0 saturated heterocycles. The van der Waals surface area contributed by atoms with Gasteiger partial charge in [0.05, 0.1) is 7.11 Å². The first-order valence-electron chi connectivity index (χ1n) is 9.54. The van der Waals surface area contributed by atoms with Gasteiger partial charge in [0.2, 0.25) is 5.91 Å². The summed E-state index contributed by atoms with van der Waals surface area (Å²) < 4.78 is 4.60. The number of allylic oxidation sites excluding steroid dienone is 2. The number of esters is 1. The fraction of sp³-hybridized carbons (Fsp3) is 0.250. The second kappa shape index (κ2) is 12.3. The molecule has 146 valence electrons. The molecule has 0 saturated carbocycles. The molecule has 28 heavy (non-hydrogen) atoms. The molecule has 1 N–H and O–H groups in total. The van der Waals surface area contributed by atoms with Gasteiger partial charge >= 0.3 is 5.97 Å². The molecule has 2 rings (SSSR count). The van der Waals surface area contributed by atoms with E-state index in [1.54, 1.807) is 12.2 Å². The maximum Gasteiger partial charge on any atom is 0.305 e. The van der Waals surface area contributed by atoms with Crippen molar-refractivity contribution < 1.29 is 14.3 Å². The highest BCUT2D eigenvalue weighted by molar-refractivity contribution is 5.89. The first kappa shape index (κ1) is 21.2. The van der Waals surface area contributed by atoms with Crippen molar-refractivity contribution in [3.63, 3.8) is 0 Å². The van der Waals surface area contributed by atoms with Crippen molar-refractivity contribution in [1.82, 2.24) is 5.32 Å². The number of amides is 1. The number of rotatable bonds is 10. The summed E-state index contributed by atoms with van der Waals surface area (Å²) >= 11 is 0. The molecule has 0 aromatic heterocycles. The lowest BCUT2D eigenvalue weighted by atomic mass is 9.97. The number of nitrogens with one attached hydrogen (secondary N) is 1. The van der Waals surface area contributed by atoms with Crippen LogP contribution in [0.1, 0.15) is 36.8 Å². The second-order valence-corrected chi connectivity index (χ2v) is 6.35. The molecule has 0 heterocycles. The van der Waals surface area contributed by atoms with Crippen LogP contribution in [0.5, 0.6) is 0 Å². The monoisotopic (exact) mass is 377 g/mol. The van der Waals surface area contributed by atoms with Crippen LogP contribution in [0.4, 0.5) is 0 Å². The van der Waals surface area contributed by atoms with Gasteiger partial charge in [0.1, 0.15) is 0 Å². The quantitative estimate of drug-likeness (QED) is 0.287. The van der Waals surface area contributed by atoms with Crippen LogP contribution in [0, 0.1) is 0 Å². The smallest absolute Gasteiger partial charge is 0.305 e. The van der Waals surface area contributed by atoms with Crippen molar-refractivity contribution >= 4 is 17.4 Å². The van der Waals surface area contributed by atoms with Crippen LogP contribution in [0.2, 0.25) is 0 Å². The van der Waals surface area contributed by atoms with Crippen molar-refractivity contribution in [2.45, 2.75) is 25.7 Å². The minimum absolute atomic E-state index is 0.121. The Morgan fingerprint density at radius 3 is 2.07 bits per heavy atom. The maximum absolute atomic E-state index is 12.0. The lowest BCUT2D eigenvalue weighted by Gasteiger charge is -2.07. The topological polar surface area (TPSA) is 55.4 Å². The Labute approximate surface area is 166 Å². The Morgan fingerprint density at radius 1 is 0.893 bits per heavy atom. The van der Waals surface area contributed by atoms with E-state index in [0.29, 0.717) is 13.0 Å². The highest BCUT2D eigenvalue weighted by atomic mass is 16.5. The number of hydrogen-bond donors (Lipinski definition) is 1. The van der Waals surface area contributed by atoms with Crippen LogP contribution in [-0.2, 0) is 14.3 Å². The Kier molecular flexibility index (Phi) is 9.28. The van der Waals surface area contributed by atoms with Crippen LogP contribution in [-0.4, -0.2) is 25.5 Å². The summed E-state index contributed by atoms with van der Waals surface area (Å²) in [6.45, 7) is 0.596. The Morgan fingerprint density at radius 2 is 1.50 bits per heavy atom. The lowest BCUT2D eigenvalue weighted by molar-refractivity contribution is -0.140. The normalized spacial score (nSPS) is 10.5. The third-order valence-corrected chi connectivity index (χ3v) is 4.26. The predicted molar refractivity (Wildman–Crippen MR) is 113 cm³/mol. The van der Waals surface area contributed by atoms with E-state index in [9.17, 15) is 9.59 Å². The van der Waals surface area contributed by atoms with Gasteiger partial charge in [0, 0.05) is 19.0 Å². The van der Waals surface area contributed by atoms with Crippen LogP contribution < -0.4 is 5.32 Å². The first-order valence-corrected chi connectivity index (χ1v) is 9.54. The zero-order chi connectivity index (χ0) is 20.0. The Bertz CT molecular complexity index is 754. The summed E-state index contributed by atoms with van der Waals surface area (Å²) in [6.07, 6.45) is 8.20. The minimum Gasteiger partial charge on any atom is -0.469 e. The number of carbonyl (C=O) groups is 2. The van der Waals surface area contributed by atoms with E-state index >= 15 is 0 Å². The molecule has 0 aliphatic rings. The van der Waals surface area contributed by atoms with E-state index in [2.05, 4.69) is 34.3 Å². The van der Waals surface area contributed by atoms with E-state index in [1.807, 2.05) is 42.5 Å². The molecule has 4 nitrogen and oxygen atoms in total. The summed E-state index contributed by atoms with van der Waals surface area (Å²) in [6, 6.07) is 20.2. The molecule has 0 aliphatic heterocycles. The van der Waals surface area contributed by atoms with Crippen molar-refractivity contribution in [1.29, 1.82) is 0 Å². The van der Waals surface area contributed by atoms with Crippen molar-refractivity contribution in [3.8, 4) is 0 Å². The number of hydrogen-bond acceptors (Lipinski definition) is 3. The van der Waals surface area contributed by atoms with E-state index in [4.69, 9.17) is 0 Å². The Balaban J connectivity index is 1.87. The summed E-state index contributed by atoms with van der Waals surface area (Å²) in [4.78, 5) is 23.0. The number of carbonyl (C=O) groups excluding carboxylic acids is 2. The fourth-order valence-corrected chi connectivity index (χ4v) is 2.77. The molecule has 0 radical (unpaired) electrons. The molecule has 2 aromatic rings. The molecule has 0 fully saturated rings. The van der Waals surface area contributed by atoms with E-state index in [-0.39, 0.29) is 11.9 Å². The largest absolute Gasteiger partial charge is 0.469 e. The molecule has 4 heteroatoms. The van der Waals surface area contributed by atoms with Crippen LogP contribution in [0.15, 0.2) is 78.9 Å². The lowest BCUT2D eigenvalue weighted by Crippen LogP contribution is -2.22. The number of unbranched alkanes of at least 4 members (excludes halogenated alkanes) is 2. The van der Waals surface area contributed by atoms with Crippen LogP contribution in [0.3, 0.4) is 0 Å². The minimum atomic E-state index is -0.189. The van der Waals surface area contributed by atoms with Gasteiger partial charge in [0.25, 0.3) is 0 Å². The molecule has 0 unspecified atom stereocenters.